The number of hydrogen-bond acceptors (Lipinski definition) is 6. The molecular weight excluding hydrogens is 480 g/mol. The lowest BCUT2D eigenvalue weighted by atomic mass is 10.2. The highest BCUT2D eigenvalue weighted by atomic mass is 32.2. The number of carbonyl (C=O) groups is 1. The van der Waals surface area contributed by atoms with Gasteiger partial charge in [0.25, 0.3) is 5.69 Å². The predicted octanol–water partition coefficient (Wildman–Crippen LogP) is 5.21. The Kier molecular flexibility index (Phi) is 7.53. The first kappa shape index (κ1) is 24.8. The maximum absolute atomic E-state index is 13.5. The molecule has 8 nitrogen and oxygen atoms in total. The fraction of sp³-hybridized carbons (Fsp3) is 0.0741. The number of benzene rings is 4. The molecule has 0 unspecified atom stereocenters. The molecule has 0 spiro atoms. The number of carbonyl (C=O) groups excluding carboxylic acids is 1. The molecule has 0 heterocycles. The Morgan fingerprint density at radius 2 is 1.25 bits per heavy atom. The molecule has 36 heavy (non-hydrogen) atoms. The van der Waals surface area contributed by atoms with Gasteiger partial charge in [0.05, 0.1) is 15.4 Å². The van der Waals surface area contributed by atoms with E-state index in [0.29, 0.717) is 0 Å². The second kappa shape index (κ2) is 10.9. The van der Waals surface area contributed by atoms with Gasteiger partial charge in [0, 0.05) is 25.2 Å². The fourth-order valence-electron chi connectivity index (χ4n) is 3.51. The van der Waals surface area contributed by atoms with Crippen molar-refractivity contribution in [3.63, 3.8) is 0 Å². The van der Waals surface area contributed by atoms with Crippen molar-refractivity contribution in [3.8, 4) is 5.75 Å². The Morgan fingerprint density at radius 3 is 1.72 bits per heavy atom. The highest BCUT2D eigenvalue weighted by Gasteiger charge is 2.25. The van der Waals surface area contributed by atoms with Crippen LogP contribution in [0.25, 0.3) is 0 Å². The Bertz CT molecular complexity index is 1400. The number of hydrogen-bond donors (Lipinski definition) is 0. The van der Waals surface area contributed by atoms with Crippen LogP contribution in [-0.2, 0) is 23.1 Å². The first-order chi connectivity index (χ1) is 17.3. The topological polar surface area (TPSA) is 107 Å². The number of esters is 1. The molecule has 4 aromatic rings. The van der Waals surface area contributed by atoms with Crippen LogP contribution in [-0.4, -0.2) is 23.6 Å². The zero-order valence-electron chi connectivity index (χ0n) is 19.1. The van der Waals surface area contributed by atoms with Gasteiger partial charge >= 0.3 is 5.97 Å². The molecular formula is C27H22N2O6S. The van der Waals surface area contributed by atoms with Crippen LogP contribution in [0.15, 0.2) is 114 Å². The van der Waals surface area contributed by atoms with Crippen LogP contribution in [0.3, 0.4) is 0 Å². The summed E-state index contributed by atoms with van der Waals surface area (Å²) in [5, 5.41) is 10.8. The number of ether oxygens (including phenoxy) is 1. The van der Waals surface area contributed by atoms with E-state index in [1.54, 1.807) is 0 Å². The molecule has 4 aromatic carbocycles. The van der Waals surface area contributed by atoms with E-state index >= 15 is 0 Å². The van der Waals surface area contributed by atoms with Gasteiger partial charge in [-0.05, 0) is 47.5 Å². The van der Waals surface area contributed by atoms with Gasteiger partial charge in [-0.25, -0.2) is 13.2 Å². The summed E-state index contributed by atoms with van der Waals surface area (Å²) in [6, 6.07) is 29.2. The molecule has 0 aliphatic heterocycles. The minimum atomic E-state index is -3.88. The number of nitro groups is 1. The zero-order valence-corrected chi connectivity index (χ0v) is 19.9. The lowest BCUT2D eigenvalue weighted by Crippen LogP contribution is -2.30. The Hall–Kier alpha value is -4.34. The largest absolute Gasteiger partial charge is 0.423 e. The first-order valence-electron chi connectivity index (χ1n) is 11.0. The monoisotopic (exact) mass is 502 g/mol. The van der Waals surface area contributed by atoms with Crippen LogP contribution in [0.5, 0.6) is 5.75 Å². The number of sulfonamides is 1. The van der Waals surface area contributed by atoms with Crippen molar-refractivity contribution in [2.24, 2.45) is 0 Å². The Labute approximate surface area is 208 Å². The second-order valence-electron chi connectivity index (χ2n) is 7.91. The smallest absolute Gasteiger partial charge is 0.343 e. The van der Waals surface area contributed by atoms with Gasteiger partial charge in [-0.3, -0.25) is 10.1 Å². The summed E-state index contributed by atoms with van der Waals surface area (Å²) in [7, 11) is -3.88. The molecule has 0 saturated carbocycles. The molecule has 0 fully saturated rings. The van der Waals surface area contributed by atoms with Gasteiger partial charge in [-0.2, -0.15) is 4.31 Å². The average Bonchev–Trinajstić information content (AvgIpc) is 2.90. The van der Waals surface area contributed by atoms with Crippen molar-refractivity contribution >= 4 is 21.7 Å². The summed E-state index contributed by atoms with van der Waals surface area (Å²) in [6.45, 7) is 0.379. The molecule has 9 heteroatoms. The number of non-ortho nitro benzene ring substituents is 1. The summed E-state index contributed by atoms with van der Waals surface area (Å²) < 4.78 is 33.8. The van der Waals surface area contributed by atoms with E-state index in [1.165, 1.54) is 52.8 Å². The van der Waals surface area contributed by atoms with Crippen molar-refractivity contribution in [1.29, 1.82) is 0 Å². The molecule has 0 aliphatic carbocycles. The van der Waals surface area contributed by atoms with Crippen LogP contribution in [0.2, 0.25) is 0 Å². The molecule has 0 aliphatic rings. The third-order valence-corrected chi connectivity index (χ3v) is 7.20. The molecule has 0 amide bonds. The van der Waals surface area contributed by atoms with Gasteiger partial charge in [-0.1, -0.05) is 60.7 Å². The summed E-state index contributed by atoms with van der Waals surface area (Å²) in [4.78, 5) is 22.6. The fourth-order valence-corrected chi connectivity index (χ4v) is 4.93. The highest BCUT2D eigenvalue weighted by molar-refractivity contribution is 7.89. The molecule has 182 valence electrons. The van der Waals surface area contributed by atoms with Gasteiger partial charge < -0.3 is 4.74 Å². The minimum absolute atomic E-state index is 0.0597. The third-order valence-electron chi connectivity index (χ3n) is 5.39. The zero-order chi connectivity index (χ0) is 25.5. The Balaban J connectivity index is 1.53. The van der Waals surface area contributed by atoms with E-state index in [-0.39, 0.29) is 35.0 Å². The van der Waals surface area contributed by atoms with E-state index in [1.807, 2.05) is 60.7 Å². The van der Waals surface area contributed by atoms with E-state index < -0.39 is 20.9 Å². The minimum Gasteiger partial charge on any atom is -0.423 e. The quantitative estimate of drug-likeness (QED) is 0.135. The molecule has 0 saturated heterocycles. The molecule has 4 rings (SSSR count). The van der Waals surface area contributed by atoms with Gasteiger partial charge in [-0.15, -0.1) is 0 Å². The first-order valence-corrected chi connectivity index (χ1v) is 12.4. The Morgan fingerprint density at radius 1 is 0.750 bits per heavy atom. The lowest BCUT2D eigenvalue weighted by Gasteiger charge is -2.23. The summed E-state index contributed by atoms with van der Waals surface area (Å²) in [5.74, 6) is -0.565. The maximum Gasteiger partial charge on any atom is 0.343 e. The molecule has 0 aromatic heterocycles. The van der Waals surface area contributed by atoms with Crippen LogP contribution < -0.4 is 4.74 Å². The van der Waals surface area contributed by atoms with Crippen molar-refractivity contribution in [1.82, 2.24) is 4.31 Å². The standard InChI is InChI=1S/C27H22N2O6S/c30-27(23-11-13-24(14-12-23)29(31)32)35-25-15-17-26(18-16-25)36(33,34)28(19-21-7-3-1-4-8-21)20-22-9-5-2-6-10-22/h1-18H,19-20H2. The van der Waals surface area contributed by atoms with Crippen LogP contribution >= 0.6 is 0 Å². The van der Waals surface area contributed by atoms with E-state index in [9.17, 15) is 23.3 Å². The summed E-state index contributed by atoms with van der Waals surface area (Å²) >= 11 is 0. The number of rotatable bonds is 9. The molecule has 0 atom stereocenters. The molecule has 0 radical (unpaired) electrons. The van der Waals surface area contributed by atoms with Crippen LogP contribution in [0.1, 0.15) is 21.5 Å². The molecule has 0 bridgehead atoms. The number of nitro benzene ring substituents is 1. The van der Waals surface area contributed by atoms with Crippen molar-refractivity contribution in [2.45, 2.75) is 18.0 Å². The second-order valence-corrected chi connectivity index (χ2v) is 9.85. The predicted molar refractivity (Wildman–Crippen MR) is 134 cm³/mol. The van der Waals surface area contributed by atoms with E-state index in [4.69, 9.17) is 4.74 Å². The summed E-state index contributed by atoms with van der Waals surface area (Å²) in [6.07, 6.45) is 0. The normalized spacial score (nSPS) is 11.2. The lowest BCUT2D eigenvalue weighted by molar-refractivity contribution is -0.384. The summed E-state index contributed by atoms with van der Waals surface area (Å²) in [5.41, 5.74) is 1.70. The van der Waals surface area contributed by atoms with Crippen molar-refractivity contribution < 1.29 is 22.9 Å². The third kappa shape index (κ3) is 6.01. The van der Waals surface area contributed by atoms with Crippen molar-refractivity contribution in [3.05, 3.63) is 136 Å². The van der Waals surface area contributed by atoms with Crippen LogP contribution in [0, 0.1) is 10.1 Å². The van der Waals surface area contributed by atoms with Gasteiger partial charge in [0.2, 0.25) is 10.0 Å². The SMILES string of the molecule is O=C(Oc1ccc(S(=O)(=O)N(Cc2ccccc2)Cc2ccccc2)cc1)c1ccc([N+](=O)[O-])cc1. The van der Waals surface area contributed by atoms with E-state index in [2.05, 4.69) is 0 Å². The highest BCUT2D eigenvalue weighted by Crippen LogP contribution is 2.24. The maximum atomic E-state index is 13.5. The molecule has 0 N–H and O–H groups in total. The van der Waals surface area contributed by atoms with Gasteiger partial charge in [0.15, 0.2) is 0 Å². The van der Waals surface area contributed by atoms with E-state index in [0.717, 1.165) is 11.1 Å². The van der Waals surface area contributed by atoms with Gasteiger partial charge in [0.1, 0.15) is 5.75 Å². The average molecular weight is 503 g/mol. The van der Waals surface area contributed by atoms with Crippen LogP contribution in [0.4, 0.5) is 5.69 Å². The van der Waals surface area contributed by atoms with Crippen molar-refractivity contribution in [2.75, 3.05) is 0 Å². The number of nitrogens with zero attached hydrogens (tertiary/aromatic N) is 2.